The number of rotatable bonds is 6. The van der Waals surface area contributed by atoms with Gasteiger partial charge in [-0.25, -0.2) is 0 Å². The van der Waals surface area contributed by atoms with E-state index in [1.807, 2.05) is 56.3 Å². The molecule has 0 fully saturated rings. The van der Waals surface area contributed by atoms with Crippen LogP contribution in [-0.4, -0.2) is 13.2 Å². The molecule has 2 aromatic carbocycles. The van der Waals surface area contributed by atoms with Gasteiger partial charge in [0, 0.05) is 6.04 Å². The van der Waals surface area contributed by atoms with Crippen molar-refractivity contribution in [3.63, 3.8) is 0 Å². The fraction of sp³-hybridized carbons (Fsp3) is 0.333. The van der Waals surface area contributed by atoms with Crippen LogP contribution in [0.3, 0.4) is 0 Å². The minimum atomic E-state index is 0.153. The largest absolute Gasteiger partial charge is 0.497 e. The lowest BCUT2D eigenvalue weighted by Gasteiger charge is -2.20. The number of methoxy groups -OCH3 is 1. The standard InChI is InChI=1S/C18H23NO2/c1-13(2)21-18-11-6-5-10-17(18)19-14(3)15-8-7-9-16(12-15)20-4/h5-14,19H,1-4H3. The van der Waals surface area contributed by atoms with Gasteiger partial charge in [-0.2, -0.15) is 0 Å². The normalized spacial score (nSPS) is 12.0. The highest BCUT2D eigenvalue weighted by Crippen LogP contribution is 2.29. The summed E-state index contributed by atoms with van der Waals surface area (Å²) in [7, 11) is 1.68. The molecule has 0 heterocycles. The predicted octanol–water partition coefficient (Wildman–Crippen LogP) is 4.66. The van der Waals surface area contributed by atoms with Gasteiger partial charge in [0.25, 0.3) is 0 Å². The zero-order valence-electron chi connectivity index (χ0n) is 13.1. The van der Waals surface area contributed by atoms with E-state index >= 15 is 0 Å². The molecule has 2 aromatic rings. The zero-order chi connectivity index (χ0) is 15.2. The van der Waals surface area contributed by atoms with Crippen molar-refractivity contribution in [2.45, 2.75) is 32.9 Å². The molecule has 0 amide bonds. The smallest absolute Gasteiger partial charge is 0.142 e. The second-order valence-electron chi connectivity index (χ2n) is 5.31. The molecule has 1 N–H and O–H groups in total. The summed E-state index contributed by atoms with van der Waals surface area (Å²) in [6.07, 6.45) is 0.153. The van der Waals surface area contributed by atoms with Gasteiger partial charge in [0.05, 0.1) is 18.9 Å². The van der Waals surface area contributed by atoms with Crippen molar-refractivity contribution < 1.29 is 9.47 Å². The molecule has 0 aromatic heterocycles. The quantitative estimate of drug-likeness (QED) is 0.837. The fourth-order valence-electron chi connectivity index (χ4n) is 2.17. The topological polar surface area (TPSA) is 30.5 Å². The summed E-state index contributed by atoms with van der Waals surface area (Å²) < 4.78 is 11.1. The molecule has 0 saturated carbocycles. The summed E-state index contributed by atoms with van der Waals surface area (Å²) in [6.45, 7) is 6.19. The molecule has 21 heavy (non-hydrogen) atoms. The number of benzene rings is 2. The lowest BCUT2D eigenvalue weighted by atomic mass is 10.1. The van der Waals surface area contributed by atoms with Crippen molar-refractivity contribution in [3.05, 3.63) is 54.1 Å². The molecule has 0 radical (unpaired) electrons. The van der Waals surface area contributed by atoms with Crippen molar-refractivity contribution >= 4 is 5.69 Å². The maximum Gasteiger partial charge on any atom is 0.142 e. The molecule has 2 rings (SSSR count). The molecule has 3 nitrogen and oxygen atoms in total. The molecule has 0 saturated heterocycles. The SMILES string of the molecule is COc1cccc(C(C)Nc2ccccc2OC(C)C)c1. The molecule has 0 aliphatic rings. The number of hydrogen-bond acceptors (Lipinski definition) is 3. The van der Waals surface area contributed by atoms with E-state index in [-0.39, 0.29) is 12.1 Å². The maximum atomic E-state index is 5.84. The molecule has 112 valence electrons. The fourth-order valence-corrected chi connectivity index (χ4v) is 2.17. The lowest BCUT2D eigenvalue weighted by Crippen LogP contribution is -2.11. The van der Waals surface area contributed by atoms with Gasteiger partial charge in [-0.1, -0.05) is 24.3 Å². The Bertz CT molecular complexity index is 581. The van der Waals surface area contributed by atoms with Crippen LogP contribution in [0, 0.1) is 0 Å². The number of ether oxygens (including phenoxy) is 2. The zero-order valence-corrected chi connectivity index (χ0v) is 13.1. The Labute approximate surface area is 126 Å². The lowest BCUT2D eigenvalue weighted by molar-refractivity contribution is 0.243. The summed E-state index contributed by atoms with van der Waals surface area (Å²) in [5.74, 6) is 1.75. The van der Waals surface area contributed by atoms with Crippen LogP contribution in [0.5, 0.6) is 11.5 Å². The van der Waals surface area contributed by atoms with E-state index in [1.54, 1.807) is 7.11 Å². The van der Waals surface area contributed by atoms with Crippen molar-refractivity contribution in [3.8, 4) is 11.5 Å². The maximum absolute atomic E-state index is 5.84. The second kappa shape index (κ2) is 7.02. The summed E-state index contributed by atoms with van der Waals surface area (Å²) in [4.78, 5) is 0. The van der Waals surface area contributed by atoms with Gasteiger partial charge >= 0.3 is 0 Å². The minimum absolute atomic E-state index is 0.153. The van der Waals surface area contributed by atoms with Crippen LogP contribution < -0.4 is 14.8 Å². The van der Waals surface area contributed by atoms with E-state index in [1.165, 1.54) is 5.56 Å². The molecule has 1 unspecified atom stereocenters. The molecule has 1 atom stereocenters. The Morgan fingerprint density at radius 2 is 1.71 bits per heavy atom. The van der Waals surface area contributed by atoms with E-state index in [4.69, 9.17) is 9.47 Å². The number of para-hydroxylation sites is 2. The highest BCUT2D eigenvalue weighted by molar-refractivity contribution is 5.57. The van der Waals surface area contributed by atoms with E-state index < -0.39 is 0 Å². The summed E-state index contributed by atoms with van der Waals surface area (Å²) in [5, 5.41) is 3.50. The Balaban J connectivity index is 2.17. The molecular weight excluding hydrogens is 262 g/mol. The summed E-state index contributed by atoms with van der Waals surface area (Å²) in [6, 6.07) is 16.3. The van der Waals surface area contributed by atoms with Crippen molar-refractivity contribution in [1.29, 1.82) is 0 Å². The Morgan fingerprint density at radius 3 is 2.43 bits per heavy atom. The van der Waals surface area contributed by atoms with E-state index in [0.717, 1.165) is 17.2 Å². The van der Waals surface area contributed by atoms with Gasteiger partial charge in [0.15, 0.2) is 0 Å². The van der Waals surface area contributed by atoms with Crippen LogP contribution >= 0.6 is 0 Å². The van der Waals surface area contributed by atoms with Crippen LogP contribution in [0.1, 0.15) is 32.4 Å². The van der Waals surface area contributed by atoms with Gasteiger partial charge in [0.2, 0.25) is 0 Å². The van der Waals surface area contributed by atoms with E-state index in [2.05, 4.69) is 18.3 Å². The predicted molar refractivity (Wildman–Crippen MR) is 87.2 cm³/mol. The van der Waals surface area contributed by atoms with Crippen LogP contribution in [0.15, 0.2) is 48.5 Å². The number of nitrogens with one attached hydrogen (secondary N) is 1. The molecular formula is C18H23NO2. The van der Waals surface area contributed by atoms with Gasteiger partial charge in [-0.15, -0.1) is 0 Å². The van der Waals surface area contributed by atoms with Crippen LogP contribution in [0.4, 0.5) is 5.69 Å². The highest BCUT2D eigenvalue weighted by Gasteiger charge is 2.10. The first-order valence-electron chi connectivity index (χ1n) is 7.26. The molecule has 0 aliphatic carbocycles. The van der Waals surface area contributed by atoms with Crippen molar-refractivity contribution in [2.75, 3.05) is 12.4 Å². The second-order valence-corrected chi connectivity index (χ2v) is 5.31. The van der Waals surface area contributed by atoms with E-state index in [9.17, 15) is 0 Å². The van der Waals surface area contributed by atoms with Crippen molar-refractivity contribution in [1.82, 2.24) is 0 Å². The summed E-state index contributed by atoms with van der Waals surface area (Å²) in [5.41, 5.74) is 2.18. The molecule has 3 heteroatoms. The Hall–Kier alpha value is -2.16. The first-order chi connectivity index (χ1) is 10.1. The summed E-state index contributed by atoms with van der Waals surface area (Å²) >= 11 is 0. The first-order valence-corrected chi connectivity index (χ1v) is 7.26. The van der Waals surface area contributed by atoms with Gasteiger partial charge in [0.1, 0.15) is 11.5 Å². The molecule has 0 aliphatic heterocycles. The van der Waals surface area contributed by atoms with Crippen LogP contribution in [0.2, 0.25) is 0 Å². The van der Waals surface area contributed by atoms with Gasteiger partial charge in [-0.3, -0.25) is 0 Å². The Kier molecular flexibility index (Phi) is 5.09. The van der Waals surface area contributed by atoms with Crippen LogP contribution in [-0.2, 0) is 0 Å². The van der Waals surface area contributed by atoms with Gasteiger partial charge < -0.3 is 14.8 Å². The number of anilines is 1. The number of hydrogen-bond donors (Lipinski definition) is 1. The molecule has 0 bridgehead atoms. The third-order valence-corrected chi connectivity index (χ3v) is 3.22. The molecule has 0 spiro atoms. The Morgan fingerprint density at radius 1 is 0.952 bits per heavy atom. The monoisotopic (exact) mass is 285 g/mol. The van der Waals surface area contributed by atoms with E-state index in [0.29, 0.717) is 0 Å². The minimum Gasteiger partial charge on any atom is -0.497 e. The van der Waals surface area contributed by atoms with Crippen LogP contribution in [0.25, 0.3) is 0 Å². The van der Waals surface area contributed by atoms with Crippen molar-refractivity contribution in [2.24, 2.45) is 0 Å². The van der Waals surface area contributed by atoms with Gasteiger partial charge in [-0.05, 0) is 50.6 Å². The third-order valence-electron chi connectivity index (χ3n) is 3.22. The first kappa shape index (κ1) is 15.2. The average Bonchev–Trinajstić information content (AvgIpc) is 2.48. The average molecular weight is 285 g/mol. The highest BCUT2D eigenvalue weighted by atomic mass is 16.5. The third kappa shape index (κ3) is 4.15.